The summed E-state index contributed by atoms with van der Waals surface area (Å²) in [7, 11) is 0. The predicted octanol–water partition coefficient (Wildman–Crippen LogP) is 3.65. The lowest BCUT2D eigenvalue weighted by Gasteiger charge is -2.10. The quantitative estimate of drug-likeness (QED) is 0.689. The summed E-state index contributed by atoms with van der Waals surface area (Å²) in [6, 6.07) is 14.1. The number of hydrogen-bond acceptors (Lipinski definition) is 2. The summed E-state index contributed by atoms with van der Waals surface area (Å²) < 4.78 is 0. The highest BCUT2D eigenvalue weighted by atomic mass is 35.5. The van der Waals surface area contributed by atoms with Gasteiger partial charge in [0.15, 0.2) is 0 Å². The molecule has 1 aromatic heterocycles. The Kier molecular flexibility index (Phi) is 4.18. The van der Waals surface area contributed by atoms with E-state index in [1.54, 1.807) is 30.3 Å². The van der Waals surface area contributed by atoms with Crippen molar-refractivity contribution in [3.63, 3.8) is 0 Å². The molecule has 0 bridgehead atoms. The molecule has 0 aliphatic heterocycles. The number of carbonyl (C=O) groups excluding carboxylic acids is 1. The second-order valence-electron chi connectivity index (χ2n) is 3.61. The number of carbonyl (C=O) groups is 1. The van der Waals surface area contributed by atoms with Crippen LogP contribution in [0.2, 0.25) is 5.15 Å². The smallest absolute Gasteiger partial charge is 0.248 e. The summed E-state index contributed by atoms with van der Waals surface area (Å²) in [6.07, 6.45) is 0. The molecule has 5 heteroatoms. The summed E-state index contributed by atoms with van der Waals surface area (Å²) in [5.74, 6) is 0.0479. The average molecular weight is 281 g/mol. The van der Waals surface area contributed by atoms with Crippen LogP contribution in [0.1, 0.15) is 10.9 Å². The van der Waals surface area contributed by atoms with E-state index in [0.717, 1.165) is 5.56 Å². The minimum absolute atomic E-state index is 0.318. The van der Waals surface area contributed by atoms with Crippen LogP contribution in [0.25, 0.3) is 0 Å². The maximum absolute atomic E-state index is 11.9. The third-order valence-electron chi connectivity index (χ3n) is 2.29. The predicted molar refractivity (Wildman–Crippen MR) is 72.9 cm³/mol. The van der Waals surface area contributed by atoms with Crippen molar-refractivity contribution in [3.05, 3.63) is 59.2 Å². The van der Waals surface area contributed by atoms with Crippen LogP contribution in [0.4, 0.5) is 5.82 Å². The van der Waals surface area contributed by atoms with Crippen molar-refractivity contribution in [1.29, 1.82) is 0 Å². The summed E-state index contributed by atoms with van der Waals surface area (Å²) in [6.45, 7) is 0. The van der Waals surface area contributed by atoms with Gasteiger partial charge < -0.3 is 5.32 Å². The first-order valence-electron chi connectivity index (χ1n) is 5.29. The topological polar surface area (TPSA) is 42.0 Å². The van der Waals surface area contributed by atoms with Crippen LogP contribution in [0.15, 0.2) is 48.5 Å². The van der Waals surface area contributed by atoms with E-state index in [1.165, 1.54) is 0 Å². The Hall–Kier alpha value is -1.58. The van der Waals surface area contributed by atoms with Gasteiger partial charge in [-0.1, -0.05) is 48.0 Å². The van der Waals surface area contributed by atoms with Crippen molar-refractivity contribution in [2.24, 2.45) is 0 Å². The van der Waals surface area contributed by atoms with E-state index in [-0.39, 0.29) is 5.91 Å². The number of anilines is 1. The number of amides is 1. The van der Waals surface area contributed by atoms with Gasteiger partial charge in [-0.15, -0.1) is 11.6 Å². The number of nitrogens with one attached hydrogen (secondary N) is 1. The van der Waals surface area contributed by atoms with E-state index in [1.807, 2.05) is 18.2 Å². The monoisotopic (exact) mass is 280 g/mol. The summed E-state index contributed by atoms with van der Waals surface area (Å²) >= 11 is 11.8. The molecular formula is C13H10Cl2N2O. The van der Waals surface area contributed by atoms with Crippen molar-refractivity contribution >= 4 is 34.9 Å². The van der Waals surface area contributed by atoms with Crippen LogP contribution < -0.4 is 5.32 Å². The first kappa shape index (κ1) is 12.9. The molecule has 0 saturated heterocycles. The Morgan fingerprint density at radius 1 is 1.11 bits per heavy atom. The summed E-state index contributed by atoms with van der Waals surface area (Å²) in [5, 5.41) is 2.18. The van der Waals surface area contributed by atoms with Crippen LogP contribution >= 0.6 is 23.2 Å². The van der Waals surface area contributed by atoms with Crippen molar-refractivity contribution in [2.45, 2.75) is 5.38 Å². The number of alkyl halides is 1. The van der Waals surface area contributed by atoms with Gasteiger partial charge in [0, 0.05) is 0 Å². The molecule has 1 atom stereocenters. The molecule has 0 spiro atoms. The standard InChI is InChI=1S/C13H10Cl2N2O/c14-10-7-4-8-11(16-10)17-13(18)12(15)9-5-2-1-3-6-9/h1-8,12H,(H,16,17,18). The highest BCUT2D eigenvalue weighted by Gasteiger charge is 2.17. The molecule has 0 aliphatic rings. The van der Waals surface area contributed by atoms with Crippen molar-refractivity contribution in [3.8, 4) is 0 Å². The fourth-order valence-electron chi connectivity index (χ4n) is 1.44. The number of benzene rings is 1. The van der Waals surface area contributed by atoms with Gasteiger partial charge in [-0.3, -0.25) is 4.79 Å². The molecular weight excluding hydrogens is 271 g/mol. The minimum Gasteiger partial charge on any atom is -0.309 e. The zero-order chi connectivity index (χ0) is 13.0. The molecule has 1 amide bonds. The zero-order valence-electron chi connectivity index (χ0n) is 9.31. The lowest BCUT2D eigenvalue weighted by molar-refractivity contribution is -0.116. The highest BCUT2D eigenvalue weighted by molar-refractivity contribution is 6.32. The fraction of sp³-hybridized carbons (Fsp3) is 0.0769. The van der Waals surface area contributed by atoms with Gasteiger partial charge in [-0.25, -0.2) is 4.98 Å². The SMILES string of the molecule is O=C(Nc1cccc(Cl)n1)C(Cl)c1ccccc1. The molecule has 1 aromatic carbocycles. The van der Waals surface area contributed by atoms with E-state index in [9.17, 15) is 4.79 Å². The Morgan fingerprint density at radius 3 is 2.50 bits per heavy atom. The highest BCUT2D eigenvalue weighted by Crippen LogP contribution is 2.21. The van der Waals surface area contributed by atoms with E-state index >= 15 is 0 Å². The third kappa shape index (κ3) is 3.22. The molecule has 1 N–H and O–H groups in total. The van der Waals surface area contributed by atoms with Gasteiger partial charge >= 0.3 is 0 Å². The summed E-state index contributed by atoms with van der Waals surface area (Å²) in [4.78, 5) is 15.9. The van der Waals surface area contributed by atoms with Gasteiger partial charge in [0.2, 0.25) is 5.91 Å². The fourth-order valence-corrected chi connectivity index (χ4v) is 1.80. The number of halogens is 2. The van der Waals surface area contributed by atoms with E-state index in [0.29, 0.717) is 11.0 Å². The molecule has 0 aliphatic carbocycles. The molecule has 1 unspecified atom stereocenters. The first-order valence-corrected chi connectivity index (χ1v) is 6.10. The van der Waals surface area contributed by atoms with Crippen molar-refractivity contribution in [2.75, 3.05) is 5.32 Å². The number of aromatic nitrogens is 1. The average Bonchev–Trinajstić information content (AvgIpc) is 2.39. The number of hydrogen-bond donors (Lipinski definition) is 1. The Balaban J connectivity index is 2.09. The van der Waals surface area contributed by atoms with Gasteiger partial charge in [-0.05, 0) is 17.7 Å². The molecule has 0 radical (unpaired) electrons. The maximum Gasteiger partial charge on any atom is 0.248 e. The second kappa shape index (κ2) is 5.85. The molecule has 1 heterocycles. The van der Waals surface area contributed by atoms with Crippen LogP contribution in [0.3, 0.4) is 0 Å². The zero-order valence-corrected chi connectivity index (χ0v) is 10.8. The van der Waals surface area contributed by atoms with Crippen LogP contribution in [0.5, 0.6) is 0 Å². The van der Waals surface area contributed by atoms with Gasteiger partial charge in [0.1, 0.15) is 16.3 Å². The van der Waals surface area contributed by atoms with Gasteiger partial charge in [0.05, 0.1) is 0 Å². The number of rotatable bonds is 3. The van der Waals surface area contributed by atoms with Crippen LogP contribution in [-0.4, -0.2) is 10.9 Å². The molecule has 92 valence electrons. The molecule has 18 heavy (non-hydrogen) atoms. The Labute approximate surface area is 115 Å². The largest absolute Gasteiger partial charge is 0.309 e. The molecule has 3 nitrogen and oxygen atoms in total. The first-order chi connectivity index (χ1) is 8.66. The molecule has 2 rings (SSSR count). The molecule has 0 fully saturated rings. The lowest BCUT2D eigenvalue weighted by Crippen LogP contribution is -2.18. The normalized spacial score (nSPS) is 11.9. The van der Waals surface area contributed by atoms with Gasteiger partial charge in [-0.2, -0.15) is 0 Å². The molecule has 0 saturated carbocycles. The van der Waals surface area contributed by atoms with Crippen molar-refractivity contribution < 1.29 is 4.79 Å². The Morgan fingerprint density at radius 2 is 1.83 bits per heavy atom. The van der Waals surface area contributed by atoms with E-state index < -0.39 is 5.38 Å². The van der Waals surface area contributed by atoms with Crippen LogP contribution in [-0.2, 0) is 4.79 Å². The third-order valence-corrected chi connectivity index (χ3v) is 2.95. The van der Waals surface area contributed by atoms with E-state index in [4.69, 9.17) is 23.2 Å². The van der Waals surface area contributed by atoms with Crippen LogP contribution in [0, 0.1) is 0 Å². The van der Waals surface area contributed by atoms with Gasteiger partial charge in [0.25, 0.3) is 0 Å². The lowest BCUT2D eigenvalue weighted by atomic mass is 10.1. The second-order valence-corrected chi connectivity index (χ2v) is 4.43. The number of pyridine rings is 1. The number of nitrogens with zero attached hydrogens (tertiary/aromatic N) is 1. The van der Waals surface area contributed by atoms with Crippen molar-refractivity contribution in [1.82, 2.24) is 4.98 Å². The van der Waals surface area contributed by atoms with E-state index in [2.05, 4.69) is 10.3 Å². The molecule has 2 aromatic rings. The Bertz CT molecular complexity index is 546. The summed E-state index contributed by atoms with van der Waals surface area (Å²) in [5.41, 5.74) is 0.735. The minimum atomic E-state index is -0.757. The maximum atomic E-state index is 11.9.